The molecule has 51 heavy (non-hydrogen) atoms. The molecular weight excluding hydrogens is 721 g/mol. The number of anilines is 3. The standard InChI is InChI=1S/C33H36Cl3N11O4/c1-7-19-27(20(8-2)39-14-38-19)45(34)31(49)18-13-17(30(37)48)25(32(50)46(35)28-21(9-3)40-15-41-22(28)10-4)44-26(18)33(51)47(36)29-23(11-5)42-16-43-24(29)12-6/h13-16H,7-12H2,1-6H3,(H2,37,48). The Hall–Kier alpha value is -4.86. The van der Waals surface area contributed by atoms with Crippen molar-refractivity contribution in [3.8, 4) is 0 Å². The number of rotatable bonds is 13. The molecule has 2 N–H and O–H groups in total. The Labute approximate surface area is 309 Å². The van der Waals surface area contributed by atoms with Crippen LogP contribution in [-0.2, 0) is 38.5 Å². The minimum absolute atomic E-state index is 0.169. The number of pyridine rings is 1. The van der Waals surface area contributed by atoms with Crippen molar-refractivity contribution >= 4 is 76.0 Å². The van der Waals surface area contributed by atoms with Crippen LogP contribution in [0.25, 0.3) is 0 Å². The largest absolute Gasteiger partial charge is 0.366 e. The molecule has 4 heterocycles. The number of primary amides is 1. The molecule has 4 aromatic rings. The quantitative estimate of drug-likeness (QED) is 0.173. The fraction of sp³-hybridized carbons (Fsp3) is 0.364. The van der Waals surface area contributed by atoms with E-state index in [1.165, 1.54) is 19.0 Å². The van der Waals surface area contributed by atoms with Crippen LogP contribution in [0.2, 0.25) is 0 Å². The molecule has 0 aliphatic rings. The second-order valence-corrected chi connectivity index (χ2v) is 11.9. The molecule has 0 aliphatic heterocycles. The summed E-state index contributed by atoms with van der Waals surface area (Å²) in [6, 6.07) is 0.968. The molecule has 0 aromatic carbocycles. The van der Waals surface area contributed by atoms with E-state index in [9.17, 15) is 19.2 Å². The third-order valence-electron chi connectivity index (χ3n) is 7.98. The van der Waals surface area contributed by atoms with Crippen molar-refractivity contribution in [2.45, 2.75) is 80.1 Å². The highest BCUT2D eigenvalue weighted by Crippen LogP contribution is 2.33. The van der Waals surface area contributed by atoms with Gasteiger partial charge in [0.25, 0.3) is 23.6 Å². The molecule has 4 aromatic heterocycles. The number of aromatic nitrogens is 7. The highest BCUT2D eigenvalue weighted by Gasteiger charge is 2.36. The molecule has 15 nitrogen and oxygen atoms in total. The molecule has 0 saturated carbocycles. The maximum Gasteiger partial charge on any atom is 0.292 e. The second kappa shape index (κ2) is 16.9. The van der Waals surface area contributed by atoms with E-state index in [0.717, 1.165) is 14.9 Å². The first kappa shape index (κ1) is 38.9. The zero-order valence-corrected chi connectivity index (χ0v) is 31.1. The highest BCUT2D eigenvalue weighted by molar-refractivity contribution is 6.43. The average Bonchev–Trinajstić information content (AvgIpc) is 3.17. The molecule has 0 radical (unpaired) electrons. The van der Waals surface area contributed by atoms with Crippen LogP contribution in [0.3, 0.4) is 0 Å². The van der Waals surface area contributed by atoms with Gasteiger partial charge in [-0.2, -0.15) is 0 Å². The van der Waals surface area contributed by atoms with E-state index in [4.69, 9.17) is 41.1 Å². The van der Waals surface area contributed by atoms with Gasteiger partial charge < -0.3 is 5.73 Å². The van der Waals surface area contributed by atoms with Crippen LogP contribution in [0.5, 0.6) is 0 Å². The summed E-state index contributed by atoms with van der Waals surface area (Å²) in [6.45, 7) is 10.9. The smallest absolute Gasteiger partial charge is 0.292 e. The van der Waals surface area contributed by atoms with Crippen LogP contribution in [0.4, 0.5) is 17.1 Å². The summed E-state index contributed by atoms with van der Waals surface area (Å²) in [5.74, 6) is -4.26. The van der Waals surface area contributed by atoms with Crippen LogP contribution in [0.1, 0.15) is 117 Å². The lowest BCUT2D eigenvalue weighted by atomic mass is 10.0. The number of amides is 4. The molecule has 0 spiro atoms. The molecule has 18 heteroatoms. The normalized spacial score (nSPS) is 10.9. The number of halogens is 3. The number of carbonyl (C=O) groups is 4. The first-order chi connectivity index (χ1) is 24.4. The van der Waals surface area contributed by atoms with E-state index >= 15 is 0 Å². The van der Waals surface area contributed by atoms with Gasteiger partial charge in [-0.05, 0) is 44.6 Å². The molecule has 0 fully saturated rings. The summed E-state index contributed by atoms with van der Waals surface area (Å²) in [6.07, 6.45) is 6.30. The van der Waals surface area contributed by atoms with Crippen molar-refractivity contribution in [3.05, 3.63) is 81.7 Å². The van der Waals surface area contributed by atoms with Gasteiger partial charge in [0.05, 0.1) is 45.3 Å². The number of aryl methyl sites for hydroxylation is 6. The van der Waals surface area contributed by atoms with Gasteiger partial charge in [-0.15, -0.1) is 0 Å². The van der Waals surface area contributed by atoms with Gasteiger partial charge in [0.1, 0.15) is 47.4 Å². The topological polar surface area (TPSA) is 194 Å². The Bertz CT molecular complexity index is 1930. The summed E-state index contributed by atoms with van der Waals surface area (Å²) in [5.41, 5.74) is 6.61. The Morgan fingerprint density at radius 3 is 1.06 bits per heavy atom. The Balaban J connectivity index is 2.02. The molecule has 0 bridgehead atoms. The average molecular weight is 757 g/mol. The van der Waals surface area contributed by atoms with E-state index in [0.29, 0.717) is 77.1 Å². The zero-order chi connectivity index (χ0) is 37.6. The van der Waals surface area contributed by atoms with Crippen molar-refractivity contribution < 1.29 is 19.2 Å². The summed E-state index contributed by atoms with van der Waals surface area (Å²) < 4.78 is 2.18. The monoisotopic (exact) mass is 755 g/mol. The van der Waals surface area contributed by atoms with E-state index in [1.807, 2.05) is 41.5 Å². The molecular formula is C33H36Cl3N11O4. The van der Waals surface area contributed by atoms with Gasteiger partial charge in [-0.3, -0.25) is 19.2 Å². The minimum atomic E-state index is -1.15. The molecule has 4 rings (SSSR count). The third kappa shape index (κ3) is 7.60. The minimum Gasteiger partial charge on any atom is -0.366 e. The predicted octanol–water partition coefficient (Wildman–Crippen LogP) is 5.33. The molecule has 268 valence electrons. The summed E-state index contributed by atoms with van der Waals surface area (Å²) in [7, 11) is 0. The molecule has 0 aliphatic carbocycles. The SMILES string of the molecule is CCc1ncnc(CC)c1N(Cl)C(=O)c1cc(C(N)=O)c(C(=O)N(Cl)c2c(CC)ncnc2CC)nc1C(=O)N(Cl)c1c(CC)ncnc1CC. The molecule has 0 unspecified atom stereocenters. The first-order valence-electron chi connectivity index (χ1n) is 16.2. The third-order valence-corrected chi connectivity index (χ3v) is 8.95. The zero-order valence-electron chi connectivity index (χ0n) is 28.9. The van der Waals surface area contributed by atoms with Crippen molar-refractivity contribution in [2.24, 2.45) is 5.73 Å². The van der Waals surface area contributed by atoms with Crippen molar-refractivity contribution in [2.75, 3.05) is 13.3 Å². The highest BCUT2D eigenvalue weighted by atomic mass is 35.5. The Morgan fingerprint density at radius 2 is 0.784 bits per heavy atom. The van der Waals surface area contributed by atoms with E-state index < -0.39 is 46.1 Å². The van der Waals surface area contributed by atoms with E-state index in [-0.39, 0.29) is 17.1 Å². The number of hydrogen-bond donors (Lipinski definition) is 1. The molecule has 0 atom stereocenters. The van der Waals surface area contributed by atoms with Gasteiger partial charge in [0.2, 0.25) is 0 Å². The summed E-state index contributed by atoms with van der Waals surface area (Å²) in [5, 5.41) is 0. The lowest BCUT2D eigenvalue weighted by Crippen LogP contribution is -2.34. The van der Waals surface area contributed by atoms with E-state index in [2.05, 4.69) is 34.9 Å². The van der Waals surface area contributed by atoms with Crippen LogP contribution < -0.4 is 19.0 Å². The molecule has 4 amide bonds. The summed E-state index contributed by atoms with van der Waals surface area (Å²) >= 11 is 20.2. The van der Waals surface area contributed by atoms with Crippen LogP contribution in [0.15, 0.2) is 25.0 Å². The Morgan fingerprint density at radius 1 is 0.510 bits per heavy atom. The van der Waals surface area contributed by atoms with Crippen LogP contribution in [0, 0.1) is 0 Å². The lowest BCUT2D eigenvalue weighted by Gasteiger charge is -2.24. The van der Waals surface area contributed by atoms with Gasteiger partial charge in [-0.1, -0.05) is 41.5 Å². The fourth-order valence-corrected chi connectivity index (χ4v) is 6.23. The van der Waals surface area contributed by atoms with Gasteiger partial charge in [0.15, 0.2) is 0 Å². The van der Waals surface area contributed by atoms with Crippen molar-refractivity contribution in [3.63, 3.8) is 0 Å². The van der Waals surface area contributed by atoms with Crippen molar-refractivity contribution in [1.82, 2.24) is 34.9 Å². The van der Waals surface area contributed by atoms with Gasteiger partial charge >= 0.3 is 0 Å². The van der Waals surface area contributed by atoms with Crippen LogP contribution >= 0.6 is 35.3 Å². The van der Waals surface area contributed by atoms with Gasteiger partial charge in [0, 0.05) is 35.3 Å². The maximum absolute atomic E-state index is 14.5. The van der Waals surface area contributed by atoms with E-state index in [1.54, 1.807) is 0 Å². The maximum atomic E-state index is 14.5. The predicted molar refractivity (Wildman–Crippen MR) is 193 cm³/mol. The van der Waals surface area contributed by atoms with Crippen LogP contribution in [-0.4, -0.2) is 58.5 Å². The number of nitrogens with zero attached hydrogens (tertiary/aromatic N) is 10. The number of carbonyl (C=O) groups excluding carboxylic acids is 4. The first-order valence-corrected chi connectivity index (χ1v) is 17.2. The number of hydrogen-bond acceptors (Lipinski definition) is 11. The lowest BCUT2D eigenvalue weighted by molar-refractivity contribution is 0.0953. The number of nitrogens with two attached hydrogens (primary N) is 1. The summed E-state index contributed by atoms with van der Waals surface area (Å²) in [4.78, 5) is 85.8. The fourth-order valence-electron chi connectivity index (χ4n) is 5.39. The van der Waals surface area contributed by atoms with Crippen molar-refractivity contribution in [1.29, 1.82) is 0 Å². The molecule has 0 saturated heterocycles. The second-order valence-electron chi connectivity index (χ2n) is 10.9. The Kier molecular flexibility index (Phi) is 12.9. The van der Waals surface area contributed by atoms with Gasteiger partial charge in [-0.25, -0.2) is 48.1 Å².